The Hall–Kier alpha value is -3.40. The van der Waals surface area contributed by atoms with Gasteiger partial charge >= 0.3 is 0 Å². The second-order valence-electron chi connectivity index (χ2n) is 4.60. The van der Waals surface area contributed by atoms with Crippen LogP contribution in [0.25, 0.3) is 0 Å². The van der Waals surface area contributed by atoms with Crippen LogP contribution in [0.3, 0.4) is 0 Å². The third kappa shape index (κ3) is 4.16. The molecule has 0 bridgehead atoms. The number of furan rings is 1. The van der Waals surface area contributed by atoms with Gasteiger partial charge in [0.2, 0.25) is 5.88 Å². The number of carbonyl (C=O) groups is 1. The van der Waals surface area contributed by atoms with Crippen molar-refractivity contribution >= 4 is 29.4 Å². The first-order valence-electron chi connectivity index (χ1n) is 6.54. The molecule has 140 valence electrons. The van der Waals surface area contributed by atoms with Crippen LogP contribution in [0.2, 0.25) is 0 Å². The van der Waals surface area contributed by atoms with Crippen LogP contribution in [0.5, 0.6) is 5.75 Å². The summed E-state index contributed by atoms with van der Waals surface area (Å²) in [6.07, 6.45) is 0.988. The molecule has 0 aliphatic rings. The summed E-state index contributed by atoms with van der Waals surface area (Å²) in [7, 11) is 0. The van der Waals surface area contributed by atoms with Gasteiger partial charge in [0.05, 0.1) is 17.5 Å². The summed E-state index contributed by atoms with van der Waals surface area (Å²) < 4.78 is 4.89. The highest BCUT2D eigenvalue weighted by atomic mass is 16.8. The molecule has 1 aromatic heterocycles. The van der Waals surface area contributed by atoms with E-state index in [2.05, 4.69) is 5.10 Å². The van der Waals surface area contributed by atoms with Gasteiger partial charge in [0, 0.05) is 6.07 Å². The van der Waals surface area contributed by atoms with Gasteiger partial charge in [0.15, 0.2) is 5.75 Å². The maximum absolute atomic E-state index is 12.1. The molecule has 0 radical (unpaired) electrons. The minimum Gasteiger partial charge on any atom is -0.505 e. The zero-order valence-electron chi connectivity index (χ0n) is 12.6. The quantitative estimate of drug-likeness (QED) is 0.258. The van der Waals surface area contributed by atoms with Crippen molar-refractivity contribution in [3.63, 3.8) is 0 Å². The second kappa shape index (κ2) is 7.66. The Balaban J connectivity index is 2.21. The number of nitrogens with zero attached hydrogens (tertiary/aromatic N) is 4. The van der Waals surface area contributed by atoms with Crippen molar-refractivity contribution in [2.75, 3.05) is 15.7 Å². The Morgan fingerprint density at radius 2 is 1.73 bits per heavy atom. The van der Waals surface area contributed by atoms with E-state index in [1.807, 2.05) is 5.43 Å². The lowest BCUT2D eigenvalue weighted by atomic mass is 10.1. The smallest absolute Gasteiger partial charge is 0.275 e. The number of phenolic OH excluding ortho intramolecular Hbond substituents is 1. The number of nitrogens with one attached hydrogen (secondary N) is 1. The Morgan fingerprint density at radius 1 is 1.04 bits per heavy atom. The van der Waals surface area contributed by atoms with Crippen molar-refractivity contribution in [1.82, 2.24) is 5.43 Å². The van der Waals surface area contributed by atoms with Gasteiger partial charge in [-0.25, -0.2) is 5.43 Å². The van der Waals surface area contributed by atoms with Gasteiger partial charge in [-0.3, -0.25) is 36.0 Å². The van der Waals surface area contributed by atoms with Gasteiger partial charge in [-0.2, -0.15) is 5.10 Å². The largest absolute Gasteiger partial charge is 0.505 e. The molecule has 2 rings (SSSR count). The molecule has 0 saturated heterocycles. The summed E-state index contributed by atoms with van der Waals surface area (Å²) in [4.78, 5) is 12.1. The predicted molar refractivity (Wildman–Crippen MR) is 80.0 cm³/mol. The van der Waals surface area contributed by atoms with Crippen molar-refractivity contribution in [2.45, 2.75) is 0 Å². The molecule has 0 fully saturated rings. The zero-order valence-corrected chi connectivity index (χ0v) is 12.6. The Kier molecular flexibility index (Phi) is 5.58. The average Bonchev–Trinajstić information content (AvgIpc) is 3.03. The average molecular weight is 371 g/mol. The third-order valence-electron chi connectivity index (χ3n) is 2.93. The molecule has 0 atom stereocenters. The molecule has 1 aromatic carbocycles. The van der Waals surface area contributed by atoms with Crippen LogP contribution >= 0.6 is 0 Å². The number of anilines is 3. The molecule has 0 aliphatic carbocycles. The summed E-state index contributed by atoms with van der Waals surface area (Å²) in [6.45, 7) is 0. The number of phenols is 1. The van der Waals surface area contributed by atoms with E-state index in [4.69, 9.17) is 35.7 Å². The van der Waals surface area contributed by atoms with Crippen LogP contribution in [-0.4, -0.2) is 48.5 Å². The minimum atomic E-state index is -1.05. The van der Waals surface area contributed by atoms with Crippen LogP contribution in [-0.2, 0) is 0 Å². The highest BCUT2D eigenvalue weighted by Gasteiger charge is 2.20. The lowest BCUT2D eigenvalue weighted by Crippen LogP contribution is -2.21. The number of benzene rings is 1. The first kappa shape index (κ1) is 18.9. The van der Waals surface area contributed by atoms with Gasteiger partial charge in [0.1, 0.15) is 11.4 Å². The highest BCUT2D eigenvalue weighted by molar-refractivity contribution is 6.00. The SMILES string of the molecule is O=C(NN=Cc1ccc(N(O)O)o1)c1cc(N(O)O)cc(N(O)O)c1O. The van der Waals surface area contributed by atoms with Crippen LogP contribution in [0, 0.1) is 0 Å². The third-order valence-corrected chi connectivity index (χ3v) is 2.93. The monoisotopic (exact) mass is 371 g/mol. The number of hydrazone groups is 1. The topological polar surface area (TPSA) is 206 Å². The van der Waals surface area contributed by atoms with E-state index in [1.165, 1.54) is 12.1 Å². The number of hydrogen-bond acceptors (Lipinski definition) is 13. The van der Waals surface area contributed by atoms with Gasteiger partial charge in [0.25, 0.3) is 5.91 Å². The van der Waals surface area contributed by atoms with E-state index < -0.39 is 39.0 Å². The fourth-order valence-corrected chi connectivity index (χ4v) is 1.78. The van der Waals surface area contributed by atoms with E-state index in [9.17, 15) is 9.90 Å². The van der Waals surface area contributed by atoms with Gasteiger partial charge in [-0.05, 0) is 18.2 Å². The maximum atomic E-state index is 12.1. The maximum Gasteiger partial charge on any atom is 0.275 e. The zero-order chi connectivity index (χ0) is 19.4. The number of aromatic hydroxyl groups is 1. The van der Waals surface area contributed by atoms with E-state index in [-0.39, 0.29) is 16.9 Å². The Morgan fingerprint density at radius 3 is 2.27 bits per heavy atom. The summed E-state index contributed by atoms with van der Waals surface area (Å²) >= 11 is 0. The number of carbonyl (C=O) groups excluding carboxylic acids is 1. The van der Waals surface area contributed by atoms with Crippen molar-refractivity contribution in [1.29, 1.82) is 0 Å². The number of rotatable bonds is 6. The molecule has 0 aliphatic heterocycles. The molecule has 8 N–H and O–H groups in total. The minimum absolute atomic E-state index is 0.0286. The van der Waals surface area contributed by atoms with E-state index in [0.29, 0.717) is 0 Å². The first-order chi connectivity index (χ1) is 12.2. The molecule has 1 amide bonds. The normalized spacial score (nSPS) is 10.8. The van der Waals surface area contributed by atoms with Crippen LogP contribution in [0.15, 0.2) is 33.8 Å². The van der Waals surface area contributed by atoms with Crippen molar-refractivity contribution < 1.29 is 45.6 Å². The predicted octanol–water partition coefficient (Wildman–Crippen LogP) is 0.503. The fourth-order valence-electron chi connectivity index (χ4n) is 1.78. The van der Waals surface area contributed by atoms with Gasteiger partial charge in [-0.1, -0.05) is 5.23 Å². The second-order valence-corrected chi connectivity index (χ2v) is 4.60. The van der Waals surface area contributed by atoms with Crippen molar-refractivity contribution in [2.24, 2.45) is 5.10 Å². The lowest BCUT2D eigenvalue weighted by molar-refractivity contribution is 0.0173. The number of hydrogen-bond donors (Lipinski definition) is 8. The molecular formula is C12H13N5O9. The summed E-state index contributed by atoms with van der Waals surface area (Å²) in [6, 6.07) is 4.08. The van der Waals surface area contributed by atoms with Crippen LogP contribution < -0.4 is 21.1 Å². The summed E-state index contributed by atoms with van der Waals surface area (Å²) in [5.41, 5.74) is 0.204. The molecule has 14 nitrogen and oxygen atoms in total. The molecule has 0 spiro atoms. The van der Waals surface area contributed by atoms with Crippen molar-refractivity contribution in [3.05, 3.63) is 35.6 Å². The number of amides is 1. The molecule has 14 heteroatoms. The van der Waals surface area contributed by atoms with Crippen LogP contribution in [0.4, 0.5) is 17.3 Å². The lowest BCUT2D eigenvalue weighted by Gasteiger charge is -2.16. The van der Waals surface area contributed by atoms with Gasteiger partial charge < -0.3 is 9.52 Å². The van der Waals surface area contributed by atoms with E-state index in [0.717, 1.165) is 18.3 Å². The van der Waals surface area contributed by atoms with E-state index >= 15 is 0 Å². The highest BCUT2D eigenvalue weighted by Crippen LogP contribution is 2.34. The Labute approximate surface area is 143 Å². The summed E-state index contributed by atoms with van der Waals surface area (Å²) in [5, 5.41) is 65.7. The van der Waals surface area contributed by atoms with E-state index in [1.54, 1.807) is 0 Å². The van der Waals surface area contributed by atoms with Crippen molar-refractivity contribution in [3.8, 4) is 5.75 Å². The summed E-state index contributed by atoms with van der Waals surface area (Å²) in [5.74, 6) is -2.22. The molecule has 1 heterocycles. The Bertz CT molecular complexity index is 817. The van der Waals surface area contributed by atoms with Gasteiger partial charge in [-0.15, -0.1) is 10.5 Å². The molecule has 0 saturated carbocycles. The first-order valence-corrected chi connectivity index (χ1v) is 6.54. The van der Waals surface area contributed by atoms with Crippen LogP contribution in [0.1, 0.15) is 16.1 Å². The molecular weight excluding hydrogens is 358 g/mol. The molecule has 26 heavy (non-hydrogen) atoms. The molecule has 0 unspecified atom stereocenters. The fraction of sp³-hybridized carbons (Fsp3) is 0. The standard InChI is InChI=1S/C12H13N5O9/c18-11-8(3-6(15(20)21)4-9(11)16(22)23)12(19)14-13-5-7-1-2-10(26-7)17(24)25/h1-5,18,20-25H,(H,14,19). The molecule has 2 aromatic rings.